The molecule has 0 unspecified atom stereocenters. The summed E-state index contributed by atoms with van der Waals surface area (Å²) in [7, 11) is -0.885. The number of benzene rings is 1. The van der Waals surface area contributed by atoms with Gasteiger partial charge in [-0.2, -0.15) is 0 Å². The van der Waals surface area contributed by atoms with Gasteiger partial charge in [0, 0.05) is 20.1 Å². The molecular weight excluding hydrogens is 244 g/mol. The first-order valence-electron chi connectivity index (χ1n) is 7.27. The van der Waals surface area contributed by atoms with Crippen molar-refractivity contribution in [3.8, 4) is 11.8 Å². The fourth-order valence-corrected chi connectivity index (χ4v) is 2.59. The molecule has 1 aromatic rings. The van der Waals surface area contributed by atoms with Gasteiger partial charge >= 0.3 is 0 Å². The average Bonchev–Trinajstić information content (AvgIpc) is 2.37. The fraction of sp³-hybridized carbons (Fsp3) is 0.444. The predicted molar refractivity (Wildman–Crippen MR) is 89.1 cm³/mol. The van der Waals surface area contributed by atoms with Gasteiger partial charge in [-0.25, -0.2) is 0 Å². The van der Waals surface area contributed by atoms with Crippen molar-refractivity contribution in [3.05, 3.63) is 48.0 Å². The molecule has 19 heavy (non-hydrogen) atoms. The Morgan fingerprint density at radius 1 is 1.00 bits per heavy atom. The minimum atomic E-state index is -0.885. The van der Waals surface area contributed by atoms with Gasteiger partial charge < -0.3 is 0 Å². The Hall–Kier alpha value is -1.26. The monoisotopic (exact) mass is 270 g/mol. The number of allylic oxidation sites excluding steroid dienone is 2. The lowest BCUT2D eigenvalue weighted by molar-refractivity contribution is 0.771. The second kappa shape index (κ2) is 8.77. The van der Waals surface area contributed by atoms with Crippen LogP contribution in [0.25, 0.3) is 0 Å². The summed E-state index contributed by atoms with van der Waals surface area (Å²) in [5.74, 6) is 6.45. The van der Waals surface area contributed by atoms with Crippen LogP contribution in [0, 0.1) is 11.8 Å². The van der Waals surface area contributed by atoms with E-state index in [-0.39, 0.29) is 0 Å². The number of unbranched alkanes of at least 4 members (excludes halogenated alkanes) is 3. The van der Waals surface area contributed by atoms with Crippen molar-refractivity contribution in [2.75, 3.05) is 0 Å². The van der Waals surface area contributed by atoms with Crippen molar-refractivity contribution in [1.82, 2.24) is 0 Å². The number of hydrogen-bond acceptors (Lipinski definition) is 0. The smallest absolute Gasteiger partial charge is 0.0480 e. The lowest BCUT2D eigenvalue weighted by Gasteiger charge is -2.11. The van der Waals surface area contributed by atoms with E-state index in [4.69, 9.17) is 0 Å². The maximum Gasteiger partial charge on any atom is 0.0480 e. The number of hydrogen-bond donors (Lipinski definition) is 0. The average molecular weight is 270 g/mol. The Morgan fingerprint density at radius 2 is 1.74 bits per heavy atom. The highest BCUT2D eigenvalue weighted by Gasteiger charge is 2.08. The Bertz CT molecular complexity index is 426. The highest BCUT2D eigenvalue weighted by Crippen LogP contribution is 2.09. The van der Waals surface area contributed by atoms with Gasteiger partial charge in [-0.15, -0.1) is 0 Å². The van der Waals surface area contributed by atoms with Crippen LogP contribution in [0.5, 0.6) is 0 Å². The lowest BCUT2D eigenvalue weighted by Crippen LogP contribution is -2.17. The Labute approximate surface area is 120 Å². The SMILES string of the molecule is C[Si](C)(C)C/C=C/CCCCC#Cc1ccccc1. The fourth-order valence-electron chi connectivity index (χ4n) is 1.72. The number of rotatable bonds is 6. The molecule has 1 aromatic carbocycles. The largest absolute Gasteiger partial charge is 0.0979 e. The topological polar surface area (TPSA) is 0 Å². The van der Waals surface area contributed by atoms with E-state index in [1.54, 1.807) is 0 Å². The van der Waals surface area contributed by atoms with Crippen molar-refractivity contribution in [2.24, 2.45) is 0 Å². The maximum atomic E-state index is 3.25. The third-order valence-electron chi connectivity index (χ3n) is 2.83. The molecule has 0 atom stereocenters. The van der Waals surface area contributed by atoms with Gasteiger partial charge in [-0.1, -0.05) is 61.8 Å². The maximum absolute atomic E-state index is 3.25. The molecule has 0 amide bonds. The summed E-state index contributed by atoms with van der Waals surface area (Å²) >= 11 is 0. The van der Waals surface area contributed by atoms with Crippen molar-refractivity contribution in [3.63, 3.8) is 0 Å². The molecule has 0 fully saturated rings. The second-order valence-electron chi connectivity index (χ2n) is 6.15. The molecule has 0 aliphatic heterocycles. The summed E-state index contributed by atoms with van der Waals surface area (Å²) in [5, 5.41) is 0. The van der Waals surface area contributed by atoms with Crippen LogP contribution in [-0.2, 0) is 0 Å². The van der Waals surface area contributed by atoms with Gasteiger partial charge in [-0.05, 0) is 37.4 Å². The molecule has 1 rings (SSSR count). The molecule has 0 aliphatic rings. The summed E-state index contributed by atoms with van der Waals surface area (Å²) in [6.07, 6.45) is 9.40. The van der Waals surface area contributed by atoms with Crippen LogP contribution in [0.2, 0.25) is 25.7 Å². The molecule has 0 heterocycles. The quantitative estimate of drug-likeness (QED) is 0.277. The van der Waals surface area contributed by atoms with Crippen LogP contribution in [0.3, 0.4) is 0 Å². The van der Waals surface area contributed by atoms with E-state index in [2.05, 4.69) is 55.8 Å². The molecule has 0 spiro atoms. The highest BCUT2D eigenvalue weighted by atomic mass is 28.3. The van der Waals surface area contributed by atoms with Gasteiger partial charge in [0.2, 0.25) is 0 Å². The molecule has 0 saturated carbocycles. The van der Waals surface area contributed by atoms with E-state index in [0.717, 1.165) is 12.0 Å². The highest BCUT2D eigenvalue weighted by molar-refractivity contribution is 6.76. The Kier molecular flexibility index (Phi) is 7.29. The lowest BCUT2D eigenvalue weighted by atomic mass is 10.1. The van der Waals surface area contributed by atoms with Crippen molar-refractivity contribution in [1.29, 1.82) is 0 Å². The third kappa shape index (κ3) is 9.33. The van der Waals surface area contributed by atoms with Crippen molar-refractivity contribution < 1.29 is 0 Å². The minimum absolute atomic E-state index is 0.885. The van der Waals surface area contributed by atoms with Crippen molar-refractivity contribution in [2.45, 2.75) is 51.4 Å². The first-order chi connectivity index (χ1) is 9.08. The van der Waals surface area contributed by atoms with E-state index < -0.39 is 8.07 Å². The molecule has 102 valence electrons. The van der Waals surface area contributed by atoms with Crippen LogP contribution in [0.15, 0.2) is 42.5 Å². The molecule has 0 nitrogen and oxygen atoms in total. The van der Waals surface area contributed by atoms with E-state index in [1.807, 2.05) is 18.2 Å². The first-order valence-corrected chi connectivity index (χ1v) is 11.0. The first kappa shape index (κ1) is 15.8. The summed E-state index contributed by atoms with van der Waals surface area (Å²) in [5.41, 5.74) is 1.12. The van der Waals surface area contributed by atoms with E-state index >= 15 is 0 Å². The molecule has 1 heteroatoms. The van der Waals surface area contributed by atoms with E-state index in [0.29, 0.717) is 0 Å². The molecule has 0 saturated heterocycles. The van der Waals surface area contributed by atoms with Crippen LogP contribution >= 0.6 is 0 Å². The van der Waals surface area contributed by atoms with Gasteiger partial charge in [0.25, 0.3) is 0 Å². The van der Waals surface area contributed by atoms with Crippen LogP contribution in [0.4, 0.5) is 0 Å². The van der Waals surface area contributed by atoms with Gasteiger partial charge in [0.05, 0.1) is 0 Å². The van der Waals surface area contributed by atoms with Gasteiger partial charge in [0.15, 0.2) is 0 Å². The van der Waals surface area contributed by atoms with Gasteiger partial charge in [-0.3, -0.25) is 0 Å². The molecule has 0 N–H and O–H groups in total. The third-order valence-corrected chi connectivity index (χ3v) is 4.29. The van der Waals surface area contributed by atoms with E-state index in [1.165, 1.54) is 25.3 Å². The molecule has 0 aromatic heterocycles. The summed E-state index contributed by atoms with van der Waals surface area (Å²) in [6, 6.07) is 11.5. The summed E-state index contributed by atoms with van der Waals surface area (Å²) in [6.45, 7) is 7.24. The van der Waals surface area contributed by atoms with Crippen molar-refractivity contribution >= 4 is 8.07 Å². The summed E-state index contributed by atoms with van der Waals surface area (Å²) in [4.78, 5) is 0. The van der Waals surface area contributed by atoms with Crippen LogP contribution < -0.4 is 0 Å². The zero-order chi connectivity index (χ0) is 14.0. The van der Waals surface area contributed by atoms with Gasteiger partial charge in [0.1, 0.15) is 0 Å². The molecule has 0 radical (unpaired) electrons. The van der Waals surface area contributed by atoms with Crippen LogP contribution in [0.1, 0.15) is 31.2 Å². The second-order valence-corrected chi connectivity index (χ2v) is 11.7. The minimum Gasteiger partial charge on any atom is -0.0979 e. The van der Waals surface area contributed by atoms with E-state index in [9.17, 15) is 0 Å². The standard InChI is InChI=1S/C18H26Si/c1-19(2,3)17-13-8-6-4-5-7-10-14-18-15-11-9-12-16-18/h8-9,11-13,15-16H,4-7,17H2,1-3H3/b13-8+. The zero-order valence-corrected chi connectivity index (χ0v) is 13.6. The Morgan fingerprint density at radius 3 is 2.42 bits per heavy atom. The molecule has 0 bridgehead atoms. The predicted octanol–water partition coefficient (Wildman–Crippen LogP) is 5.49. The summed E-state index contributed by atoms with van der Waals surface area (Å²) < 4.78 is 0. The Balaban J connectivity index is 2.08. The molecule has 0 aliphatic carbocycles. The normalized spacial score (nSPS) is 11.3. The van der Waals surface area contributed by atoms with Crippen LogP contribution in [-0.4, -0.2) is 8.07 Å². The zero-order valence-electron chi connectivity index (χ0n) is 12.6. The molecular formula is C18H26Si.